The van der Waals surface area contributed by atoms with E-state index in [0.717, 1.165) is 42.4 Å². The Labute approximate surface area is 118 Å². The predicted octanol–water partition coefficient (Wildman–Crippen LogP) is 4.23. The van der Waals surface area contributed by atoms with Crippen LogP contribution in [0.1, 0.15) is 31.2 Å². The molecule has 3 heteroatoms. The highest BCUT2D eigenvalue weighted by Crippen LogP contribution is 2.22. The molecule has 2 rings (SSSR count). The van der Waals surface area contributed by atoms with Gasteiger partial charge in [0, 0.05) is 17.5 Å². The predicted molar refractivity (Wildman–Crippen MR) is 81.4 cm³/mol. The molecule has 0 atom stereocenters. The summed E-state index contributed by atoms with van der Waals surface area (Å²) in [5.41, 5.74) is 1.18. The lowest BCUT2D eigenvalue weighted by Crippen LogP contribution is -2.00. The van der Waals surface area contributed by atoms with Gasteiger partial charge in [-0.25, -0.2) is 4.79 Å². The quantitative estimate of drug-likeness (QED) is 0.430. The van der Waals surface area contributed by atoms with E-state index in [0.29, 0.717) is 12.2 Å². The van der Waals surface area contributed by atoms with Gasteiger partial charge in [-0.3, -0.25) is 0 Å². The average molecular weight is 272 g/mol. The second kappa shape index (κ2) is 6.94. The summed E-state index contributed by atoms with van der Waals surface area (Å²) in [6.07, 6.45) is 6.30. The Morgan fingerprint density at radius 3 is 2.90 bits per heavy atom. The lowest BCUT2D eigenvalue weighted by molar-refractivity contribution is 0.305. The molecule has 0 aliphatic rings. The Balaban J connectivity index is 1.98. The molecular formula is C17H20O3. The van der Waals surface area contributed by atoms with Gasteiger partial charge >= 0.3 is 5.63 Å². The van der Waals surface area contributed by atoms with Crippen molar-refractivity contribution in [2.24, 2.45) is 0 Å². The maximum Gasteiger partial charge on any atom is 0.336 e. The van der Waals surface area contributed by atoms with Gasteiger partial charge in [0.2, 0.25) is 0 Å². The van der Waals surface area contributed by atoms with Gasteiger partial charge in [-0.15, -0.1) is 6.58 Å². The lowest BCUT2D eigenvalue weighted by Gasteiger charge is -2.07. The first-order valence-electron chi connectivity index (χ1n) is 6.99. The van der Waals surface area contributed by atoms with Gasteiger partial charge in [-0.1, -0.05) is 6.08 Å². The maximum atomic E-state index is 11.4. The summed E-state index contributed by atoms with van der Waals surface area (Å²) in [6, 6.07) is 7.13. The number of rotatable bonds is 7. The Bertz CT molecular complexity index is 640. The maximum absolute atomic E-state index is 11.4. The molecule has 0 spiro atoms. The van der Waals surface area contributed by atoms with Crippen LogP contribution in [0.4, 0.5) is 0 Å². The van der Waals surface area contributed by atoms with Crippen LogP contribution < -0.4 is 10.4 Å². The van der Waals surface area contributed by atoms with Crippen LogP contribution in [0.2, 0.25) is 0 Å². The van der Waals surface area contributed by atoms with Crippen molar-refractivity contribution >= 4 is 11.0 Å². The topological polar surface area (TPSA) is 39.4 Å². The van der Waals surface area contributed by atoms with Gasteiger partial charge < -0.3 is 9.15 Å². The molecular weight excluding hydrogens is 252 g/mol. The summed E-state index contributed by atoms with van der Waals surface area (Å²) in [4.78, 5) is 11.4. The Kier molecular flexibility index (Phi) is 4.99. The number of allylic oxidation sites excluding steroid dienone is 1. The smallest absolute Gasteiger partial charge is 0.336 e. The lowest BCUT2D eigenvalue weighted by atomic mass is 10.1. The summed E-state index contributed by atoms with van der Waals surface area (Å²) >= 11 is 0. The van der Waals surface area contributed by atoms with Crippen molar-refractivity contribution < 1.29 is 9.15 Å². The van der Waals surface area contributed by atoms with Gasteiger partial charge in [0.25, 0.3) is 0 Å². The van der Waals surface area contributed by atoms with Crippen LogP contribution >= 0.6 is 0 Å². The van der Waals surface area contributed by atoms with Crippen LogP contribution in [0.25, 0.3) is 11.0 Å². The first-order valence-corrected chi connectivity index (χ1v) is 6.99. The highest BCUT2D eigenvalue weighted by Gasteiger charge is 2.03. The van der Waals surface area contributed by atoms with Crippen LogP contribution in [-0.2, 0) is 0 Å². The average Bonchev–Trinajstić information content (AvgIpc) is 2.42. The largest absolute Gasteiger partial charge is 0.493 e. The fourth-order valence-electron chi connectivity index (χ4n) is 2.15. The molecule has 0 aliphatic carbocycles. The van der Waals surface area contributed by atoms with E-state index in [1.807, 2.05) is 25.1 Å². The number of hydrogen-bond donors (Lipinski definition) is 0. The van der Waals surface area contributed by atoms with E-state index < -0.39 is 0 Å². The molecule has 3 nitrogen and oxygen atoms in total. The van der Waals surface area contributed by atoms with Gasteiger partial charge in [0.05, 0.1) is 6.61 Å². The second-order valence-electron chi connectivity index (χ2n) is 4.89. The van der Waals surface area contributed by atoms with E-state index in [9.17, 15) is 4.79 Å². The minimum Gasteiger partial charge on any atom is -0.493 e. The van der Waals surface area contributed by atoms with Gasteiger partial charge in [0.1, 0.15) is 11.3 Å². The molecule has 20 heavy (non-hydrogen) atoms. The standard InChI is InChI=1S/C17H20O3/c1-3-4-5-6-7-10-19-14-8-9-15-13(2)11-17(18)20-16(15)12-14/h3,8-9,11-12H,1,4-7,10H2,2H3. The van der Waals surface area contributed by atoms with Crippen molar-refractivity contribution in [3.8, 4) is 5.75 Å². The van der Waals surface area contributed by atoms with E-state index in [1.165, 1.54) is 6.07 Å². The third-order valence-electron chi connectivity index (χ3n) is 3.24. The molecule has 0 N–H and O–H groups in total. The van der Waals surface area contributed by atoms with E-state index in [1.54, 1.807) is 6.07 Å². The van der Waals surface area contributed by atoms with E-state index in [4.69, 9.17) is 9.15 Å². The van der Waals surface area contributed by atoms with Crippen molar-refractivity contribution in [3.63, 3.8) is 0 Å². The number of hydrogen-bond acceptors (Lipinski definition) is 3. The monoisotopic (exact) mass is 272 g/mol. The molecule has 0 aliphatic heterocycles. The third-order valence-corrected chi connectivity index (χ3v) is 3.24. The number of ether oxygens (including phenoxy) is 1. The summed E-state index contributed by atoms with van der Waals surface area (Å²) in [7, 11) is 0. The zero-order valence-electron chi connectivity index (χ0n) is 11.9. The third kappa shape index (κ3) is 3.73. The number of unbranched alkanes of at least 4 members (excludes halogenated alkanes) is 3. The van der Waals surface area contributed by atoms with Crippen LogP contribution in [0.5, 0.6) is 5.75 Å². The fourth-order valence-corrected chi connectivity index (χ4v) is 2.15. The Morgan fingerprint density at radius 1 is 1.25 bits per heavy atom. The molecule has 2 aromatic rings. The van der Waals surface area contributed by atoms with Crippen molar-refractivity contribution in [2.75, 3.05) is 6.61 Å². The molecule has 1 aromatic heterocycles. The number of benzene rings is 1. The van der Waals surface area contributed by atoms with Gasteiger partial charge in [-0.2, -0.15) is 0 Å². The summed E-state index contributed by atoms with van der Waals surface area (Å²) in [5, 5.41) is 0.947. The van der Waals surface area contributed by atoms with E-state index in [2.05, 4.69) is 6.58 Å². The van der Waals surface area contributed by atoms with Crippen molar-refractivity contribution in [1.29, 1.82) is 0 Å². The Morgan fingerprint density at radius 2 is 2.10 bits per heavy atom. The normalized spacial score (nSPS) is 10.7. The number of aryl methyl sites for hydroxylation is 1. The molecule has 0 fully saturated rings. The summed E-state index contributed by atoms with van der Waals surface area (Å²) < 4.78 is 10.9. The van der Waals surface area contributed by atoms with Crippen molar-refractivity contribution in [2.45, 2.75) is 32.6 Å². The second-order valence-corrected chi connectivity index (χ2v) is 4.89. The minimum absolute atomic E-state index is 0.323. The van der Waals surface area contributed by atoms with E-state index in [-0.39, 0.29) is 5.63 Å². The SMILES string of the molecule is C=CCCCCCOc1ccc2c(C)cc(=O)oc2c1. The first-order chi connectivity index (χ1) is 9.70. The van der Waals surface area contributed by atoms with Crippen LogP contribution in [-0.4, -0.2) is 6.61 Å². The number of fused-ring (bicyclic) bond motifs is 1. The fraction of sp³-hybridized carbons (Fsp3) is 0.353. The highest BCUT2D eigenvalue weighted by atomic mass is 16.5. The summed E-state index contributed by atoms with van der Waals surface area (Å²) in [6.45, 7) is 6.28. The van der Waals surface area contributed by atoms with Crippen molar-refractivity contribution in [1.82, 2.24) is 0 Å². The first kappa shape index (κ1) is 14.4. The highest BCUT2D eigenvalue weighted by molar-refractivity contribution is 5.81. The molecule has 0 amide bonds. The molecule has 0 radical (unpaired) electrons. The minimum atomic E-state index is -0.323. The van der Waals surface area contributed by atoms with Crippen LogP contribution in [0.3, 0.4) is 0 Å². The molecule has 0 bridgehead atoms. The summed E-state index contributed by atoms with van der Waals surface area (Å²) in [5.74, 6) is 0.745. The molecule has 0 unspecified atom stereocenters. The zero-order chi connectivity index (χ0) is 14.4. The zero-order valence-corrected chi connectivity index (χ0v) is 11.9. The molecule has 0 saturated carbocycles. The molecule has 106 valence electrons. The van der Waals surface area contributed by atoms with Crippen molar-refractivity contribution in [3.05, 3.63) is 52.9 Å². The van der Waals surface area contributed by atoms with Crippen LogP contribution in [0.15, 0.2) is 46.1 Å². The van der Waals surface area contributed by atoms with E-state index >= 15 is 0 Å². The molecule has 1 aromatic carbocycles. The van der Waals surface area contributed by atoms with Crippen LogP contribution in [0, 0.1) is 6.92 Å². The Hall–Kier alpha value is -2.03. The molecule has 1 heterocycles. The van der Waals surface area contributed by atoms with Gasteiger partial charge in [-0.05, 0) is 50.3 Å². The van der Waals surface area contributed by atoms with Gasteiger partial charge in [0.15, 0.2) is 0 Å². The molecule has 0 saturated heterocycles.